The number of benzene rings is 11. The number of hydrogen-bond donors (Lipinski definition) is 0. The van der Waals surface area contributed by atoms with Crippen molar-refractivity contribution in [1.82, 2.24) is 0 Å². The molecule has 0 aromatic heterocycles. The summed E-state index contributed by atoms with van der Waals surface area (Å²) in [6.07, 6.45) is 0. The highest BCUT2D eigenvalue weighted by atomic mass is 16.5. The zero-order valence-corrected chi connectivity index (χ0v) is 35.5. The van der Waals surface area contributed by atoms with Gasteiger partial charge in [0.2, 0.25) is 0 Å². The molecule has 0 saturated heterocycles. The van der Waals surface area contributed by atoms with Gasteiger partial charge in [0.05, 0.1) is 11.1 Å². The van der Waals surface area contributed by atoms with E-state index in [0.29, 0.717) is 0 Å². The van der Waals surface area contributed by atoms with Crippen molar-refractivity contribution >= 4 is 38.6 Å². The van der Waals surface area contributed by atoms with Gasteiger partial charge in [-0.2, -0.15) is 0 Å². The van der Waals surface area contributed by atoms with Crippen molar-refractivity contribution in [3.63, 3.8) is 0 Å². The van der Waals surface area contributed by atoms with Gasteiger partial charge in [0.25, 0.3) is 0 Å². The van der Waals surface area contributed by atoms with Crippen LogP contribution in [0.2, 0.25) is 0 Å². The minimum absolute atomic E-state index is 0.764. The Hall–Kier alpha value is -8.46. The van der Waals surface area contributed by atoms with Gasteiger partial charge in [-0.15, -0.1) is 0 Å². The normalized spacial score (nSPS) is 12.9. The van der Waals surface area contributed by atoms with E-state index in [-0.39, 0.29) is 0 Å². The third-order valence-corrected chi connectivity index (χ3v) is 13.7. The highest BCUT2D eigenvalue weighted by Gasteiger charge is 2.53. The molecule has 0 saturated carbocycles. The molecule has 0 amide bonds. The molecule has 2 heteroatoms. The number of para-hydroxylation sites is 3. The molecule has 1 heterocycles. The molecule has 1 aliphatic heterocycles. The zero-order chi connectivity index (χ0) is 42.9. The number of fused-ring (bicyclic) bond motifs is 13. The van der Waals surface area contributed by atoms with Crippen LogP contribution in [0.15, 0.2) is 249 Å². The number of anilines is 3. The largest absolute Gasteiger partial charge is 0.455 e. The lowest BCUT2D eigenvalue weighted by atomic mass is 9.64. The van der Waals surface area contributed by atoms with E-state index < -0.39 is 5.41 Å². The molecule has 0 N–H and O–H groups in total. The average molecular weight is 828 g/mol. The first kappa shape index (κ1) is 37.1. The summed E-state index contributed by atoms with van der Waals surface area (Å²) in [6, 6.07) is 90.6. The second-order valence-electron chi connectivity index (χ2n) is 17.1. The molecule has 304 valence electrons. The Kier molecular flexibility index (Phi) is 8.47. The summed E-state index contributed by atoms with van der Waals surface area (Å²) in [4.78, 5) is 2.39. The molecule has 2 nitrogen and oxygen atoms in total. The van der Waals surface area contributed by atoms with Crippen LogP contribution < -0.4 is 9.64 Å². The van der Waals surface area contributed by atoms with E-state index in [4.69, 9.17) is 4.74 Å². The van der Waals surface area contributed by atoms with Crippen LogP contribution in [0, 0.1) is 0 Å². The molecular weight excluding hydrogens is 787 g/mol. The molecule has 11 aromatic carbocycles. The molecule has 0 bridgehead atoms. The second kappa shape index (κ2) is 14.8. The van der Waals surface area contributed by atoms with E-state index in [1.165, 1.54) is 50.1 Å². The molecule has 2 aliphatic rings. The van der Waals surface area contributed by atoms with Crippen molar-refractivity contribution < 1.29 is 4.74 Å². The van der Waals surface area contributed by atoms with Crippen LogP contribution in [0.3, 0.4) is 0 Å². The van der Waals surface area contributed by atoms with Gasteiger partial charge in [0, 0.05) is 38.8 Å². The number of hydrogen-bond acceptors (Lipinski definition) is 2. The Morgan fingerprint density at radius 3 is 1.26 bits per heavy atom. The van der Waals surface area contributed by atoms with Crippen LogP contribution in [0.4, 0.5) is 17.1 Å². The van der Waals surface area contributed by atoms with Crippen LogP contribution in [-0.4, -0.2) is 0 Å². The fourth-order valence-corrected chi connectivity index (χ4v) is 11.0. The minimum Gasteiger partial charge on any atom is -0.455 e. The zero-order valence-electron chi connectivity index (χ0n) is 35.5. The molecule has 0 radical (unpaired) electrons. The van der Waals surface area contributed by atoms with Gasteiger partial charge in [-0.05, 0) is 103 Å². The van der Waals surface area contributed by atoms with E-state index in [9.17, 15) is 0 Å². The Morgan fingerprint density at radius 1 is 0.292 bits per heavy atom. The maximum atomic E-state index is 7.56. The molecule has 13 rings (SSSR count). The molecule has 0 fully saturated rings. The smallest absolute Gasteiger partial charge is 0.140 e. The fraction of sp³-hybridized carbons (Fsp3) is 0.0159. The number of ether oxygens (including phenoxy) is 1. The maximum absolute atomic E-state index is 7.56. The SMILES string of the molecule is c1ccc(-c2cc3c(c4ccccc24)Oc2c(cc(-c4ccccc4)c4ccccc24)C32c3ccccc3-c3c(-c4ccccc4N(c4ccccc4)c4ccccc4)cccc32)cc1. The first-order chi connectivity index (χ1) is 32.3. The molecule has 11 aromatic rings. The van der Waals surface area contributed by atoms with Crippen molar-refractivity contribution in [3.8, 4) is 56.0 Å². The van der Waals surface area contributed by atoms with Crippen LogP contribution in [0.25, 0.3) is 66.1 Å². The maximum Gasteiger partial charge on any atom is 0.140 e. The summed E-state index contributed by atoms with van der Waals surface area (Å²) >= 11 is 0. The summed E-state index contributed by atoms with van der Waals surface area (Å²) < 4.78 is 7.56. The van der Waals surface area contributed by atoms with Crippen molar-refractivity contribution in [2.75, 3.05) is 4.90 Å². The van der Waals surface area contributed by atoms with Crippen molar-refractivity contribution in [2.45, 2.75) is 5.41 Å². The van der Waals surface area contributed by atoms with Gasteiger partial charge in [0.1, 0.15) is 11.5 Å². The predicted octanol–water partition coefficient (Wildman–Crippen LogP) is 16.9. The lowest BCUT2D eigenvalue weighted by molar-refractivity contribution is 0.447. The lowest BCUT2D eigenvalue weighted by Gasteiger charge is -2.41. The molecule has 1 aliphatic carbocycles. The first-order valence-electron chi connectivity index (χ1n) is 22.4. The lowest BCUT2D eigenvalue weighted by Crippen LogP contribution is -2.32. The number of nitrogens with zero attached hydrogens (tertiary/aromatic N) is 1. The Balaban J connectivity index is 1.18. The van der Waals surface area contributed by atoms with E-state index in [2.05, 4.69) is 254 Å². The highest BCUT2D eigenvalue weighted by Crippen LogP contribution is 2.66. The van der Waals surface area contributed by atoms with Crippen molar-refractivity contribution in [2.24, 2.45) is 0 Å². The monoisotopic (exact) mass is 827 g/mol. The Labute approximate surface area is 378 Å². The predicted molar refractivity (Wildman–Crippen MR) is 270 cm³/mol. The third-order valence-electron chi connectivity index (χ3n) is 13.7. The minimum atomic E-state index is -0.764. The third kappa shape index (κ3) is 5.54. The molecular formula is C63H41NO. The summed E-state index contributed by atoms with van der Waals surface area (Å²) in [7, 11) is 0. The average Bonchev–Trinajstić information content (AvgIpc) is 3.68. The van der Waals surface area contributed by atoms with Crippen LogP contribution in [0.5, 0.6) is 11.5 Å². The molecule has 0 unspecified atom stereocenters. The molecule has 1 spiro atoms. The quantitative estimate of drug-likeness (QED) is 0.166. The Morgan fingerprint density at radius 2 is 0.708 bits per heavy atom. The summed E-state index contributed by atoms with van der Waals surface area (Å²) in [5, 5.41) is 4.52. The highest BCUT2D eigenvalue weighted by molar-refractivity contribution is 6.09. The van der Waals surface area contributed by atoms with Crippen LogP contribution >= 0.6 is 0 Å². The van der Waals surface area contributed by atoms with Crippen LogP contribution in [-0.2, 0) is 5.41 Å². The van der Waals surface area contributed by atoms with Gasteiger partial charge in [-0.1, -0.05) is 206 Å². The van der Waals surface area contributed by atoms with Gasteiger partial charge in [-0.25, -0.2) is 0 Å². The van der Waals surface area contributed by atoms with Gasteiger partial charge >= 0.3 is 0 Å². The molecule has 65 heavy (non-hydrogen) atoms. The van der Waals surface area contributed by atoms with Gasteiger partial charge in [0.15, 0.2) is 0 Å². The van der Waals surface area contributed by atoms with Gasteiger partial charge in [-0.3, -0.25) is 0 Å². The van der Waals surface area contributed by atoms with E-state index >= 15 is 0 Å². The summed E-state index contributed by atoms with van der Waals surface area (Å²) in [5.74, 6) is 1.80. The first-order valence-corrected chi connectivity index (χ1v) is 22.4. The van der Waals surface area contributed by atoms with E-state index in [1.807, 2.05) is 0 Å². The van der Waals surface area contributed by atoms with E-state index in [1.54, 1.807) is 0 Å². The molecule has 0 atom stereocenters. The standard InChI is InChI=1S/C63H41NO/c1-5-22-42(23-6-1)53-40-57-61(50-33-15-13-30-46(50)53)65-62-51-34-16-14-31-47(51)54(43-24-7-2-8-25-43)41-58(62)63(57)55-37-19-17-35-52(55)60-49(36-21-38-56(60)63)48-32-18-20-39-59(48)64(44-26-9-3-10-27-44)45-28-11-4-12-29-45/h1-41H. The number of rotatable bonds is 6. The van der Waals surface area contributed by atoms with E-state index in [0.717, 1.165) is 66.8 Å². The summed E-state index contributed by atoms with van der Waals surface area (Å²) in [5.41, 5.74) is 16.8. The van der Waals surface area contributed by atoms with Crippen LogP contribution in [0.1, 0.15) is 22.3 Å². The fourth-order valence-electron chi connectivity index (χ4n) is 11.0. The van der Waals surface area contributed by atoms with Gasteiger partial charge < -0.3 is 9.64 Å². The Bertz CT molecular complexity index is 3450. The summed E-state index contributed by atoms with van der Waals surface area (Å²) in [6.45, 7) is 0. The van der Waals surface area contributed by atoms with Crippen molar-refractivity contribution in [3.05, 3.63) is 271 Å². The second-order valence-corrected chi connectivity index (χ2v) is 17.1. The topological polar surface area (TPSA) is 12.5 Å². The van der Waals surface area contributed by atoms with Crippen molar-refractivity contribution in [1.29, 1.82) is 0 Å².